The van der Waals surface area contributed by atoms with Crippen molar-refractivity contribution in [1.82, 2.24) is 5.32 Å². The number of nitrogens with one attached hydrogen (secondary N) is 1. The Kier molecular flexibility index (Phi) is 5.41. The molecule has 2 heteroatoms. The number of hydrogen-bond donors (Lipinski definition) is 1. The van der Waals surface area contributed by atoms with Crippen molar-refractivity contribution < 1.29 is 4.79 Å². The first kappa shape index (κ1) is 19.2. The summed E-state index contributed by atoms with van der Waals surface area (Å²) in [5.41, 5.74) is 4.58. The summed E-state index contributed by atoms with van der Waals surface area (Å²) in [6.07, 6.45) is 0. The molecule has 0 heterocycles. The van der Waals surface area contributed by atoms with E-state index in [1.54, 1.807) is 0 Å². The smallest absolute Gasteiger partial charge is 0.251 e. The Bertz CT molecular complexity index is 713. The van der Waals surface area contributed by atoms with Crippen LogP contribution in [0, 0.1) is 0 Å². The highest BCUT2D eigenvalue weighted by Crippen LogP contribution is 2.25. The average Bonchev–Trinajstić information content (AvgIpc) is 2.53. The summed E-state index contributed by atoms with van der Waals surface area (Å²) in [6, 6.07) is 16.4. The zero-order valence-corrected chi connectivity index (χ0v) is 16.6. The van der Waals surface area contributed by atoms with Crippen molar-refractivity contribution in [2.45, 2.75) is 65.3 Å². The number of hydrogen-bond acceptors (Lipinski definition) is 1. The lowest BCUT2D eigenvalue weighted by molar-refractivity contribution is 0.0940. The summed E-state index contributed by atoms with van der Waals surface area (Å²) >= 11 is 0. The van der Waals surface area contributed by atoms with Crippen LogP contribution in [0.1, 0.15) is 81.6 Å². The third-order valence-corrected chi connectivity index (χ3v) is 4.64. The topological polar surface area (TPSA) is 29.1 Å². The van der Waals surface area contributed by atoms with Gasteiger partial charge in [0.25, 0.3) is 5.91 Å². The number of carbonyl (C=O) groups is 1. The summed E-state index contributed by atoms with van der Waals surface area (Å²) in [6.45, 7) is 15.1. The lowest BCUT2D eigenvalue weighted by Gasteiger charge is -2.21. The van der Waals surface area contributed by atoms with E-state index in [1.807, 2.05) is 31.2 Å². The molecule has 0 aliphatic carbocycles. The monoisotopic (exact) mass is 337 g/mol. The molecule has 25 heavy (non-hydrogen) atoms. The largest absolute Gasteiger partial charge is 0.346 e. The van der Waals surface area contributed by atoms with Crippen molar-refractivity contribution in [2.75, 3.05) is 0 Å². The van der Waals surface area contributed by atoms with Gasteiger partial charge in [-0.1, -0.05) is 77.9 Å². The van der Waals surface area contributed by atoms with Gasteiger partial charge in [-0.2, -0.15) is 0 Å². The van der Waals surface area contributed by atoms with Crippen LogP contribution in [0.2, 0.25) is 0 Å². The maximum atomic E-state index is 12.5. The zero-order valence-electron chi connectivity index (χ0n) is 16.6. The van der Waals surface area contributed by atoms with E-state index in [9.17, 15) is 4.79 Å². The Hall–Kier alpha value is -2.09. The third-order valence-electron chi connectivity index (χ3n) is 4.64. The molecule has 2 nitrogen and oxygen atoms in total. The van der Waals surface area contributed by atoms with Gasteiger partial charge < -0.3 is 5.32 Å². The highest BCUT2D eigenvalue weighted by atomic mass is 16.1. The summed E-state index contributed by atoms with van der Waals surface area (Å²) in [5.74, 6) is -0.0344. The van der Waals surface area contributed by atoms with Gasteiger partial charge in [0.1, 0.15) is 0 Å². The molecule has 1 atom stereocenters. The molecule has 1 N–H and O–H groups in total. The first-order valence-corrected chi connectivity index (χ1v) is 9.00. The summed E-state index contributed by atoms with van der Waals surface area (Å²) in [4.78, 5) is 12.5. The molecule has 0 saturated heterocycles. The van der Waals surface area contributed by atoms with Gasteiger partial charge in [-0.3, -0.25) is 4.79 Å². The number of rotatable bonds is 3. The van der Waals surface area contributed by atoms with Crippen molar-refractivity contribution in [2.24, 2.45) is 0 Å². The van der Waals surface area contributed by atoms with E-state index in [4.69, 9.17) is 0 Å². The molecule has 2 rings (SSSR count). The number of benzene rings is 2. The minimum Gasteiger partial charge on any atom is -0.346 e. The summed E-state index contributed by atoms with van der Waals surface area (Å²) in [7, 11) is 0. The third kappa shape index (κ3) is 4.94. The van der Waals surface area contributed by atoms with E-state index < -0.39 is 0 Å². The van der Waals surface area contributed by atoms with Crippen LogP contribution >= 0.6 is 0 Å². The molecule has 0 spiro atoms. The van der Waals surface area contributed by atoms with Crippen LogP contribution in [0.5, 0.6) is 0 Å². The standard InChI is InChI=1S/C23H31NO/c1-16(17-8-12-19(13-9-17)22(2,3)4)24-21(25)18-10-14-20(15-11-18)23(5,6)7/h8-16H,1-7H3,(H,24,25)/t16-/m0/s1. The summed E-state index contributed by atoms with van der Waals surface area (Å²) < 4.78 is 0. The van der Waals surface area contributed by atoms with Crippen LogP contribution in [-0.4, -0.2) is 5.91 Å². The summed E-state index contributed by atoms with van der Waals surface area (Å²) in [5, 5.41) is 3.09. The molecule has 0 aliphatic rings. The van der Waals surface area contributed by atoms with Gasteiger partial charge in [0.2, 0.25) is 0 Å². The molecule has 0 aliphatic heterocycles. The van der Waals surface area contributed by atoms with Gasteiger partial charge >= 0.3 is 0 Å². The van der Waals surface area contributed by atoms with Gasteiger partial charge in [0.15, 0.2) is 0 Å². The average molecular weight is 338 g/mol. The quantitative estimate of drug-likeness (QED) is 0.756. The highest BCUT2D eigenvalue weighted by molar-refractivity contribution is 5.94. The normalized spacial score (nSPS) is 13.4. The number of carbonyl (C=O) groups excluding carboxylic acids is 1. The van der Waals surface area contributed by atoms with Crippen LogP contribution < -0.4 is 5.32 Å². The second-order valence-corrected chi connectivity index (χ2v) is 8.89. The molecule has 1 amide bonds. The fourth-order valence-corrected chi connectivity index (χ4v) is 2.76. The molecule has 0 unspecified atom stereocenters. The van der Waals surface area contributed by atoms with Crippen molar-refractivity contribution in [1.29, 1.82) is 0 Å². The maximum absolute atomic E-state index is 12.5. The van der Waals surface area contributed by atoms with Crippen molar-refractivity contribution in [3.8, 4) is 0 Å². The molecule has 0 aromatic heterocycles. The van der Waals surface area contributed by atoms with Gasteiger partial charge in [-0.05, 0) is 46.6 Å². The van der Waals surface area contributed by atoms with E-state index in [0.29, 0.717) is 5.56 Å². The minimum absolute atomic E-state index is 0.0242. The molecule has 0 radical (unpaired) electrons. The Labute approximate surface area is 152 Å². The van der Waals surface area contributed by atoms with Gasteiger partial charge in [-0.15, -0.1) is 0 Å². The van der Waals surface area contributed by atoms with Gasteiger partial charge in [0, 0.05) is 5.56 Å². The molecule has 0 fully saturated rings. The first-order valence-electron chi connectivity index (χ1n) is 9.00. The van der Waals surface area contributed by atoms with Gasteiger partial charge in [0.05, 0.1) is 6.04 Å². The van der Waals surface area contributed by atoms with Crippen LogP contribution in [0.25, 0.3) is 0 Å². The first-order chi connectivity index (χ1) is 11.5. The van der Waals surface area contributed by atoms with Crippen LogP contribution in [0.3, 0.4) is 0 Å². The lowest BCUT2D eigenvalue weighted by atomic mass is 9.86. The van der Waals surface area contributed by atoms with E-state index >= 15 is 0 Å². The molecular weight excluding hydrogens is 306 g/mol. The molecule has 2 aromatic carbocycles. The molecule has 0 bridgehead atoms. The highest BCUT2D eigenvalue weighted by Gasteiger charge is 2.17. The second kappa shape index (κ2) is 7.03. The van der Waals surface area contributed by atoms with E-state index in [2.05, 4.69) is 71.1 Å². The molecule has 2 aromatic rings. The van der Waals surface area contributed by atoms with E-state index in [1.165, 1.54) is 11.1 Å². The maximum Gasteiger partial charge on any atom is 0.251 e. The van der Waals surface area contributed by atoms with Crippen molar-refractivity contribution in [3.05, 3.63) is 70.8 Å². The predicted molar refractivity (Wildman–Crippen MR) is 106 cm³/mol. The van der Waals surface area contributed by atoms with Crippen LogP contribution in [0.4, 0.5) is 0 Å². The van der Waals surface area contributed by atoms with Crippen molar-refractivity contribution in [3.63, 3.8) is 0 Å². The second-order valence-electron chi connectivity index (χ2n) is 8.89. The Morgan fingerprint density at radius 1 is 0.760 bits per heavy atom. The zero-order chi connectivity index (χ0) is 18.8. The van der Waals surface area contributed by atoms with E-state index in [-0.39, 0.29) is 22.8 Å². The molecule has 0 saturated carbocycles. The Morgan fingerprint density at radius 2 is 1.16 bits per heavy atom. The fraction of sp³-hybridized carbons (Fsp3) is 0.435. The molecule has 134 valence electrons. The lowest BCUT2D eigenvalue weighted by Crippen LogP contribution is -2.26. The van der Waals surface area contributed by atoms with Crippen molar-refractivity contribution >= 4 is 5.91 Å². The molecular formula is C23H31NO. The van der Waals surface area contributed by atoms with E-state index in [0.717, 1.165) is 5.56 Å². The number of amides is 1. The minimum atomic E-state index is -0.0344. The Morgan fingerprint density at radius 3 is 1.56 bits per heavy atom. The Balaban J connectivity index is 2.07. The van der Waals surface area contributed by atoms with Crippen LogP contribution in [0.15, 0.2) is 48.5 Å². The van der Waals surface area contributed by atoms with Crippen LogP contribution in [-0.2, 0) is 10.8 Å². The predicted octanol–water partition coefficient (Wildman–Crippen LogP) is 5.77. The fourth-order valence-electron chi connectivity index (χ4n) is 2.76. The SMILES string of the molecule is C[C@H](NC(=O)c1ccc(C(C)(C)C)cc1)c1ccc(C(C)(C)C)cc1. The van der Waals surface area contributed by atoms with Gasteiger partial charge in [-0.25, -0.2) is 0 Å².